The van der Waals surface area contributed by atoms with Crippen LogP contribution in [-0.2, 0) is 11.2 Å². The number of hydrogen-bond acceptors (Lipinski definition) is 6. The molecule has 2 heterocycles. The van der Waals surface area contributed by atoms with E-state index in [9.17, 15) is 14.4 Å². The molecule has 28 heavy (non-hydrogen) atoms. The Bertz CT molecular complexity index is 877. The third-order valence-electron chi connectivity index (χ3n) is 4.48. The van der Waals surface area contributed by atoms with Gasteiger partial charge in [-0.25, -0.2) is 0 Å². The predicted octanol–water partition coefficient (Wildman–Crippen LogP) is 1.44. The zero-order valence-corrected chi connectivity index (χ0v) is 15.7. The minimum atomic E-state index is -0.460. The Hall–Kier alpha value is -3.42. The van der Waals surface area contributed by atoms with E-state index in [1.54, 1.807) is 26.4 Å². The highest BCUT2D eigenvalue weighted by Gasteiger charge is 2.36. The standard InChI is InChI=1S/C20H21N3O5/c1-27-15-6-5-13(12-16(15)28-2)7-10-21-17(24)8-11-23-19(25)14-4-3-9-22-18(14)20(23)26/h3-6,9,12H,7-8,10-11H2,1-2H3,(H,21,24). The van der Waals surface area contributed by atoms with Gasteiger partial charge in [0.1, 0.15) is 5.69 Å². The van der Waals surface area contributed by atoms with Crippen LogP contribution in [0.5, 0.6) is 11.5 Å². The predicted molar refractivity (Wildman–Crippen MR) is 100 cm³/mol. The zero-order valence-electron chi connectivity index (χ0n) is 15.7. The smallest absolute Gasteiger partial charge is 0.280 e. The molecule has 0 bridgehead atoms. The van der Waals surface area contributed by atoms with Crippen LogP contribution in [0, 0.1) is 0 Å². The SMILES string of the molecule is COc1ccc(CCNC(=O)CCN2C(=O)c3cccnc3C2=O)cc1OC. The molecule has 0 saturated carbocycles. The maximum absolute atomic E-state index is 12.2. The molecule has 1 aromatic heterocycles. The summed E-state index contributed by atoms with van der Waals surface area (Å²) in [5.74, 6) is 0.172. The lowest BCUT2D eigenvalue weighted by molar-refractivity contribution is -0.121. The first-order valence-corrected chi connectivity index (χ1v) is 8.84. The van der Waals surface area contributed by atoms with E-state index in [1.807, 2.05) is 18.2 Å². The molecular weight excluding hydrogens is 362 g/mol. The van der Waals surface area contributed by atoms with Crippen molar-refractivity contribution in [3.05, 3.63) is 53.3 Å². The molecule has 0 atom stereocenters. The molecule has 3 rings (SSSR count). The first-order chi connectivity index (χ1) is 13.5. The average molecular weight is 383 g/mol. The number of amides is 3. The summed E-state index contributed by atoms with van der Waals surface area (Å²) >= 11 is 0. The van der Waals surface area contributed by atoms with Crippen LogP contribution in [-0.4, -0.2) is 54.9 Å². The Labute approximate surface area is 162 Å². The number of imide groups is 1. The average Bonchev–Trinajstić information content (AvgIpc) is 2.96. The van der Waals surface area contributed by atoms with Gasteiger partial charge in [-0.05, 0) is 36.2 Å². The number of carbonyl (C=O) groups is 3. The molecule has 0 unspecified atom stereocenters. The van der Waals surface area contributed by atoms with Crippen LogP contribution in [0.3, 0.4) is 0 Å². The fraction of sp³-hybridized carbons (Fsp3) is 0.300. The molecule has 0 aliphatic carbocycles. The number of rotatable bonds is 8. The molecule has 1 N–H and O–H groups in total. The lowest BCUT2D eigenvalue weighted by Gasteiger charge is -2.13. The first kappa shape index (κ1) is 19.3. The summed E-state index contributed by atoms with van der Waals surface area (Å²) in [7, 11) is 3.14. The minimum absolute atomic E-state index is 0.0240. The summed E-state index contributed by atoms with van der Waals surface area (Å²) in [4.78, 5) is 41.5. The van der Waals surface area contributed by atoms with E-state index in [0.717, 1.165) is 10.5 Å². The summed E-state index contributed by atoms with van der Waals surface area (Å²) in [6.45, 7) is 0.453. The molecule has 0 radical (unpaired) electrons. The summed E-state index contributed by atoms with van der Waals surface area (Å²) in [5, 5.41) is 2.80. The van der Waals surface area contributed by atoms with Crippen LogP contribution in [0.2, 0.25) is 0 Å². The molecule has 0 fully saturated rings. The van der Waals surface area contributed by atoms with Gasteiger partial charge in [-0.15, -0.1) is 0 Å². The molecule has 146 valence electrons. The van der Waals surface area contributed by atoms with Gasteiger partial charge in [0.25, 0.3) is 11.8 Å². The quantitative estimate of drug-likeness (QED) is 0.693. The van der Waals surface area contributed by atoms with E-state index < -0.39 is 11.8 Å². The van der Waals surface area contributed by atoms with E-state index in [2.05, 4.69) is 10.3 Å². The van der Waals surface area contributed by atoms with E-state index in [4.69, 9.17) is 9.47 Å². The molecule has 0 spiro atoms. The van der Waals surface area contributed by atoms with Gasteiger partial charge in [-0.2, -0.15) is 0 Å². The van der Waals surface area contributed by atoms with Gasteiger partial charge in [0.05, 0.1) is 19.8 Å². The molecule has 1 aromatic carbocycles. The van der Waals surface area contributed by atoms with Gasteiger partial charge >= 0.3 is 0 Å². The number of aromatic nitrogens is 1. The lowest BCUT2D eigenvalue weighted by Crippen LogP contribution is -2.35. The number of pyridine rings is 1. The third-order valence-corrected chi connectivity index (χ3v) is 4.48. The Morgan fingerprint density at radius 2 is 1.89 bits per heavy atom. The lowest BCUT2D eigenvalue weighted by atomic mass is 10.1. The molecule has 3 amide bonds. The van der Waals surface area contributed by atoms with Crippen molar-refractivity contribution >= 4 is 17.7 Å². The van der Waals surface area contributed by atoms with Crippen molar-refractivity contribution in [2.24, 2.45) is 0 Å². The molecule has 1 aliphatic heterocycles. The monoisotopic (exact) mass is 383 g/mol. The minimum Gasteiger partial charge on any atom is -0.493 e. The van der Waals surface area contributed by atoms with Crippen molar-refractivity contribution in [2.75, 3.05) is 27.3 Å². The number of benzene rings is 1. The van der Waals surface area contributed by atoms with Crippen molar-refractivity contribution in [1.29, 1.82) is 0 Å². The summed E-state index contributed by atoms with van der Waals surface area (Å²) in [5.41, 5.74) is 1.41. The van der Waals surface area contributed by atoms with Crippen LogP contribution in [0.25, 0.3) is 0 Å². The second-order valence-electron chi connectivity index (χ2n) is 6.20. The molecule has 0 saturated heterocycles. The van der Waals surface area contributed by atoms with Crippen LogP contribution >= 0.6 is 0 Å². The number of nitrogens with zero attached hydrogens (tertiary/aromatic N) is 2. The van der Waals surface area contributed by atoms with Crippen LogP contribution < -0.4 is 14.8 Å². The highest BCUT2D eigenvalue weighted by atomic mass is 16.5. The van der Waals surface area contributed by atoms with Crippen molar-refractivity contribution in [3.8, 4) is 11.5 Å². The second kappa shape index (κ2) is 8.51. The highest BCUT2D eigenvalue weighted by molar-refractivity contribution is 6.20. The van der Waals surface area contributed by atoms with Crippen LogP contribution in [0.1, 0.15) is 32.8 Å². The molecule has 8 nitrogen and oxygen atoms in total. The van der Waals surface area contributed by atoms with Crippen molar-refractivity contribution in [2.45, 2.75) is 12.8 Å². The van der Waals surface area contributed by atoms with E-state index in [1.165, 1.54) is 6.20 Å². The van der Waals surface area contributed by atoms with E-state index >= 15 is 0 Å². The zero-order chi connectivity index (χ0) is 20.1. The Morgan fingerprint density at radius 3 is 2.61 bits per heavy atom. The molecule has 8 heteroatoms. The largest absolute Gasteiger partial charge is 0.493 e. The fourth-order valence-electron chi connectivity index (χ4n) is 3.00. The maximum Gasteiger partial charge on any atom is 0.280 e. The van der Waals surface area contributed by atoms with E-state index in [-0.39, 0.29) is 30.1 Å². The number of fused-ring (bicyclic) bond motifs is 1. The first-order valence-electron chi connectivity index (χ1n) is 8.84. The van der Waals surface area contributed by atoms with Crippen molar-refractivity contribution < 1.29 is 23.9 Å². The number of carbonyl (C=O) groups excluding carboxylic acids is 3. The van der Waals surface area contributed by atoms with Crippen LogP contribution in [0.4, 0.5) is 0 Å². The van der Waals surface area contributed by atoms with Gasteiger partial charge in [-0.1, -0.05) is 6.07 Å². The van der Waals surface area contributed by atoms with E-state index in [0.29, 0.717) is 24.5 Å². The second-order valence-corrected chi connectivity index (χ2v) is 6.20. The fourth-order valence-corrected chi connectivity index (χ4v) is 3.00. The molecule has 2 aromatic rings. The van der Waals surface area contributed by atoms with Gasteiger partial charge in [0.15, 0.2) is 11.5 Å². The van der Waals surface area contributed by atoms with Crippen molar-refractivity contribution in [3.63, 3.8) is 0 Å². The molecule has 1 aliphatic rings. The third kappa shape index (κ3) is 3.95. The molecular formula is C20H21N3O5. The number of hydrogen-bond donors (Lipinski definition) is 1. The Kier molecular flexibility index (Phi) is 5.88. The van der Waals surface area contributed by atoms with Gasteiger partial charge in [0.2, 0.25) is 5.91 Å². The van der Waals surface area contributed by atoms with Gasteiger partial charge < -0.3 is 14.8 Å². The summed E-state index contributed by atoms with van der Waals surface area (Å²) in [6, 6.07) is 8.74. The van der Waals surface area contributed by atoms with Crippen LogP contribution in [0.15, 0.2) is 36.5 Å². The maximum atomic E-state index is 12.2. The number of nitrogens with one attached hydrogen (secondary N) is 1. The normalized spacial score (nSPS) is 12.7. The Morgan fingerprint density at radius 1 is 1.11 bits per heavy atom. The van der Waals surface area contributed by atoms with Gasteiger partial charge in [0, 0.05) is 25.7 Å². The summed E-state index contributed by atoms with van der Waals surface area (Å²) < 4.78 is 10.5. The summed E-state index contributed by atoms with van der Waals surface area (Å²) in [6.07, 6.45) is 2.12. The number of ether oxygens (including phenoxy) is 2. The highest BCUT2D eigenvalue weighted by Crippen LogP contribution is 2.27. The Balaban J connectivity index is 1.47. The number of methoxy groups -OCH3 is 2. The van der Waals surface area contributed by atoms with Crippen molar-refractivity contribution in [1.82, 2.24) is 15.2 Å². The van der Waals surface area contributed by atoms with Gasteiger partial charge in [-0.3, -0.25) is 24.3 Å². The topological polar surface area (TPSA) is 97.8 Å².